The van der Waals surface area contributed by atoms with Gasteiger partial charge < -0.3 is 15.2 Å². The van der Waals surface area contributed by atoms with Gasteiger partial charge >= 0.3 is 5.97 Å². The molecule has 1 rings (SSSR count). The van der Waals surface area contributed by atoms with E-state index in [1.54, 1.807) is 19.2 Å². The Balaban J connectivity index is 2.66. The fraction of sp³-hybridized carbons (Fsp3) is 0.385. The SMILES string of the molecule is COC(C)CCC(=O)Nc1cc(I)cc(C(=O)O)c1. The van der Waals surface area contributed by atoms with Crippen molar-refractivity contribution in [2.45, 2.75) is 25.9 Å². The summed E-state index contributed by atoms with van der Waals surface area (Å²) < 4.78 is 5.82. The average molecular weight is 377 g/mol. The van der Waals surface area contributed by atoms with E-state index in [0.717, 1.165) is 3.57 Å². The molecule has 0 spiro atoms. The first-order chi connectivity index (χ1) is 8.92. The Morgan fingerprint density at radius 1 is 1.42 bits per heavy atom. The first-order valence-electron chi connectivity index (χ1n) is 5.79. The van der Waals surface area contributed by atoms with Crippen LogP contribution in [0, 0.1) is 3.57 Å². The molecule has 0 saturated carbocycles. The highest BCUT2D eigenvalue weighted by Crippen LogP contribution is 2.17. The number of aromatic carboxylic acids is 1. The number of amides is 1. The molecule has 19 heavy (non-hydrogen) atoms. The molecule has 0 aliphatic heterocycles. The summed E-state index contributed by atoms with van der Waals surface area (Å²) in [5.74, 6) is -1.16. The van der Waals surface area contributed by atoms with Gasteiger partial charge in [-0.15, -0.1) is 0 Å². The molecule has 5 nitrogen and oxygen atoms in total. The number of benzene rings is 1. The van der Waals surface area contributed by atoms with E-state index in [-0.39, 0.29) is 17.6 Å². The molecule has 2 N–H and O–H groups in total. The summed E-state index contributed by atoms with van der Waals surface area (Å²) in [6.07, 6.45) is 0.984. The van der Waals surface area contributed by atoms with Crippen LogP contribution in [0.4, 0.5) is 5.69 Å². The highest BCUT2D eigenvalue weighted by atomic mass is 127. The predicted molar refractivity (Wildman–Crippen MR) is 80.5 cm³/mol. The zero-order valence-corrected chi connectivity index (χ0v) is 12.9. The van der Waals surface area contributed by atoms with Crippen molar-refractivity contribution in [1.82, 2.24) is 0 Å². The lowest BCUT2D eigenvalue weighted by Crippen LogP contribution is -2.15. The Morgan fingerprint density at radius 2 is 2.11 bits per heavy atom. The Bertz CT molecular complexity index is 476. The zero-order valence-electron chi connectivity index (χ0n) is 10.8. The number of hydrogen-bond acceptors (Lipinski definition) is 3. The second-order valence-electron chi connectivity index (χ2n) is 4.17. The van der Waals surface area contributed by atoms with Crippen LogP contribution < -0.4 is 5.32 Å². The standard InChI is InChI=1S/C13H16INO4/c1-8(19-2)3-4-12(16)15-11-6-9(13(17)18)5-10(14)7-11/h5-8H,3-4H2,1-2H3,(H,15,16)(H,17,18). The van der Waals surface area contributed by atoms with E-state index in [1.165, 1.54) is 6.07 Å². The Kier molecular flexibility index (Phi) is 6.23. The maximum Gasteiger partial charge on any atom is 0.335 e. The molecule has 1 unspecified atom stereocenters. The molecule has 6 heteroatoms. The van der Waals surface area contributed by atoms with Crippen LogP contribution in [-0.2, 0) is 9.53 Å². The largest absolute Gasteiger partial charge is 0.478 e. The molecule has 0 radical (unpaired) electrons. The van der Waals surface area contributed by atoms with Crippen molar-refractivity contribution in [2.24, 2.45) is 0 Å². The predicted octanol–water partition coefficient (Wildman–Crippen LogP) is 2.74. The van der Waals surface area contributed by atoms with Crippen molar-refractivity contribution < 1.29 is 19.4 Å². The highest BCUT2D eigenvalue weighted by molar-refractivity contribution is 14.1. The minimum absolute atomic E-state index is 0.0243. The number of carbonyl (C=O) groups is 2. The number of carboxylic acids is 1. The first-order valence-corrected chi connectivity index (χ1v) is 6.86. The van der Waals surface area contributed by atoms with Crippen LogP contribution in [-0.4, -0.2) is 30.2 Å². The maximum absolute atomic E-state index is 11.7. The molecular formula is C13H16INO4. The molecule has 1 aromatic rings. The molecule has 0 bridgehead atoms. The van der Waals surface area contributed by atoms with E-state index in [9.17, 15) is 9.59 Å². The molecule has 0 aromatic heterocycles. The van der Waals surface area contributed by atoms with Gasteiger partial charge in [0.15, 0.2) is 0 Å². The van der Waals surface area contributed by atoms with Crippen LogP contribution in [0.1, 0.15) is 30.1 Å². The van der Waals surface area contributed by atoms with E-state index in [2.05, 4.69) is 5.32 Å². The Morgan fingerprint density at radius 3 is 2.68 bits per heavy atom. The first kappa shape index (κ1) is 15.9. The second kappa shape index (κ2) is 7.44. The van der Waals surface area contributed by atoms with Gasteiger partial charge in [0.25, 0.3) is 0 Å². The van der Waals surface area contributed by atoms with Crippen LogP contribution in [0.5, 0.6) is 0 Å². The monoisotopic (exact) mass is 377 g/mol. The third-order valence-corrected chi connectivity index (χ3v) is 3.23. The normalized spacial score (nSPS) is 11.9. The Hall–Kier alpha value is -1.15. The van der Waals surface area contributed by atoms with E-state index in [1.807, 2.05) is 29.5 Å². The van der Waals surface area contributed by atoms with Gasteiger partial charge in [0.1, 0.15) is 0 Å². The fourth-order valence-corrected chi connectivity index (χ4v) is 2.13. The topological polar surface area (TPSA) is 75.6 Å². The minimum atomic E-state index is -1.01. The van der Waals surface area contributed by atoms with Crippen molar-refractivity contribution in [3.05, 3.63) is 27.3 Å². The number of carboxylic acid groups (broad SMARTS) is 1. The lowest BCUT2D eigenvalue weighted by Gasteiger charge is -2.10. The lowest BCUT2D eigenvalue weighted by atomic mass is 10.2. The summed E-state index contributed by atoms with van der Waals surface area (Å²) in [6.45, 7) is 1.89. The molecule has 104 valence electrons. The van der Waals surface area contributed by atoms with Gasteiger partial charge in [0, 0.05) is 22.8 Å². The number of rotatable bonds is 6. The smallest absolute Gasteiger partial charge is 0.335 e. The number of methoxy groups -OCH3 is 1. The highest BCUT2D eigenvalue weighted by Gasteiger charge is 2.09. The van der Waals surface area contributed by atoms with Gasteiger partial charge in [0.05, 0.1) is 11.7 Å². The van der Waals surface area contributed by atoms with E-state index in [0.29, 0.717) is 18.5 Å². The number of nitrogens with one attached hydrogen (secondary N) is 1. The van der Waals surface area contributed by atoms with E-state index < -0.39 is 5.97 Å². The van der Waals surface area contributed by atoms with Crippen LogP contribution in [0.2, 0.25) is 0 Å². The summed E-state index contributed by atoms with van der Waals surface area (Å²) in [5.41, 5.74) is 0.659. The molecule has 1 atom stereocenters. The molecule has 0 saturated heterocycles. The van der Waals surface area contributed by atoms with Gasteiger partial charge in [-0.2, -0.15) is 0 Å². The quantitative estimate of drug-likeness (QED) is 0.748. The third-order valence-electron chi connectivity index (χ3n) is 2.61. The van der Waals surface area contributed by atoms with Crippen molar-refractivity contribution in [3.8, 4) is 0 Å². The van der Waals surface area contributed by atoms with Crippen molar-refractivity contribution in [1.29, 1.82) is 0 Å². The summed E-state index contributed by atoms with van der Waals surface area (Å²) in [6, 6.07) is 4.72. The zero-order chi connectivity index (χ0) is 14.4. The van der Waals surface area contributed by atoms with Gasteiger partial charge in [-0.05, 0) is 54.1 Å². The number of carbonyl (C=O) groups excluding carboxylic acids is 1. The number of anilines is 1. The van der Waals surface area contributed by atoms with E-state index >= 15 is 0 Å². The van der Waals surface area contributed by atoms with Crippen molar-refractivity contribution >= 4 is 40.2 Å². The van der Waals surface area contributed by atoms with Crippen LogP contribution in [0.25, 0.3) is 0 Å². The second-order valence-corrected chi connectivity index (χ2v) is 5.41. The molecule has 0 fully saturated rings. The Labute approximate surface area is 125 Å². The van der Waals surface area contributed by atoms with Crippen LogP contribution >= 0.6 is 22.6 Å². The van der Waals surface area contributed by atoms with Crippen molar-refractivity contribution in [2.75, 3.05) is 12.4 Å². The lowest BCUT2D eigenvalue weighted by molar-refractivity contribution is -0.116. The van der Waals surface area contributed by atoms with Gasteiger partial charge in [0.2, 0.25) is 5.91 Å². The average Bonchev–Trinajstić information content (AvgIpc) is 2.35. The molecule has 0 aliphatic carbocycles. The fourth-order valence-electron chi connectivity index (χ4n) is 1.46. The minimum Gasteiger partial charge on any atom is -0.478 e. The molecule has 1 amide bonds. The van der Waals surface area contributed by atoms with Gasteiger partial charge in [-0.25, -0.2) is 4.79 Å². The summed E-state index contributed by atoms with van der Waals surface area (Å²) >= 11 is 2.01. The molecular weight excluding hydrogens is 361 g/mol. The molecule has 0 aliphatic rings. The number of ether oxygens (including phenoxy) is 1. The third kappa shape index (κ3) is 5.56. The maximum atomic E-state index is 11.7. The van der Waals surface area contributed by atoms with Crippen LogP contribution in [0.3, 0.4) is 0 Å². The van der Waals surface area contributed by atoms with Crippen molar-refractivity contribution in [3.63, 3.8) is 0 Å². The molecule has 0 heterocycles. The summed E-state index contributed by atoms with van der Waals surface area (Å²) in [7, 11) is 1.60. The summed E-state index contributed by atoms with van der Waals surface area (Å²) in [5, 5.41) is 11.6. The van der Waals surface area contributed by atoms with Gasteiger partial charge in [-0.1, -0.05) is 0 Å². The molecule has 1 aromatic carbocycles. The summed E-state index contributed by atoms with van der Waals surface area (Å²) in [4.78, 5) is 22.6. The number of hydrogen-bond donors (Lipinski definition) is 2. The number of halogens is 1. The van der Waals surface area contributed by atoms with Gasteiger partial charge in [-0.3, -0.25) is 4.79 Å². The van der Waals surface area contributed by atoms with E-state index in [4.69, 9.17) is 9.84 Å². The van der Waals surface area contributed by atoms with Crippen LogP contribution in [0.15, 0.2) is 18.2 Å².